The van der Waals surface area contributed by atoms with E-state index in [1.54, 1.807) is 12.1 Å². The zero-order valence-corrected chi connectivity index (χ0v) is 23.9. The van der Waals surface area contributed by atoms with Gasteiger partial charge in [-0.05, 0) is 37.8 Å². The van der Waals surface area contributed by atoms with E-state index in [4.69, 9.17) is 9.47 Å². The molecule has 2 rings (SSSR count). The molecule has 0 aliphatic carbocycles. The van der Waals surface area contributed by atoms with Crippen LogP contribution in [-0.4, -0.2) is 96.6 Å². The first kappa shape index (κ1) is 32.6. The number of ether oxygens (including phenoxy) is 2. The molecule has 0 radical (unpaired) electrons. The van der Waals surface area contributed by atoms with Gasteiger partial charge in [-0.3, -0.25) is 0 Å². The highest BCUT2D eigenvalue weighted by atomic mass is 32.2. The van der Waals surface area contributed by atoms with Gasteiger partial charge in [0.25, 0.3) is 10.0 Å². The molecule has 11 heteroatoms. The molecule has 6 atom stereocenters. The molecule has 38 heavy (non-hydrogen) atoms. The summed E-state index contributed by atoms with van der Waals surface area (Å²) in [5.74, 6) is 0.828. The second-order valence-corrected chi connectivity index (χ2v) is 11.7. The van der Waals surface area contributed by atoms with Crippen LogP contribution in [0.15, 0.2) is 33.6 Å². The largest absolute Gasteiger partial charge is 0.394 e. The van der Waals surface area contributed by atoms with Crippen LogP contribution in [0.2, 0.25) is 0 Å². The highest BCUT2D eigenvalue weighted by Crippen LogP contribution is 2.23. The van der Waals surface area contributed by atoms with Crippen molar-refractivity contribution < 1.29 is 38.3 Å². The van der Waals surface area contributed by atoms with Crippen LogP contribution in [0, 0.1) is 12.8 Å². The van der Waals surface area contributed by atoms with Gasteiger partial charge in [0.15, 0.2) is 6.29 Å². The molecule has 4 N–H and O–H groups in total. The van der Waals surface area contributed by atoms with Crippen molar-refractivity contribution in [1.29, 1.82) is 0 Å². The molecule has 1 heterocycles. The predicted molar refractivity (Wildman–Crippen MR) is 145 cm³/mol. The lowest BCUT2D eigenvalue weighted by molar-refractivity contribution is -0.300. The third kappa shape index (κ3) is 9.55. The first-order valence-corrected chi connectivity index (χ1v) is 15.1. The third-order valence-electron chi connectivity index (χ3n) is 6.80. The normalized spacial score (nSPS) is 25.4. The van der Waals surface area contributed by atoms with Crippen molar-refractivity contribution >= 4 is 15.9 Å². The van der Waals surface area contributed by atoms with Crippen LogP contribution in [0.4, 0.5) is 0 Å². The molecular weight excluding hydrogens is 512 g/mol. The minimum atomic E-state index is -3.98. The van der Waals surface area contributed by atoms with Crippen molar-refractivity contribution in [2.24, 2.45) is 10.3 Å². The molecule has 0 spiro atoms. The van der Waals surface area contributed by atoms with Crippen LogP contribution < -0.4 is 0 Å². The third-order valence-corrected chi connectivity index (χ3v) is 8.12. The van der Waals surface area contributed by atoms with Crippen molar-refractivity contribution in [1.82, 2.24) is 4.90 Å². The summed E-state index contributed by atoms with van der Waals surface area (Å²) in [6, 6.07) is 6.52. The maximum Gasteiger partial charge on any atom is 0.283 e. The molecule has 0 saturated carbocycles. The van der Waals surface area contributed by atoms with E-state index in [0.29, 0.717) is 24.8 Å². The standard InChI is InChI=1S/C27H46N2O8S/c1-5-7-8-19(3)13-16-29(15-6-2)23(28-38(34,35)21-11-9-20(4)10-12-21)14-17-36-27-26(33)25(32)24(31)22(18-30)37-27/h9-12,19,22,24-27,30-33H,5-8,13-18H2,1-4H3/b28-23+/t19?,22-,24-,25+,26-,27-/m1/s1. The highest BCUT2D eigenvalue weighted by Gasteiger charge is 2.44. The molecule has 0 aromatic heterocycles. The Morgan fingerprint density at radius 2 is 1.74 bits per heavy atom. The Balaban J connectivity index is 2.24. The fourth-order valence-electron chi connectivity index (χ4n) is 4.35. The van der Waals surface area contributed by atoms with E-state index in [9.17, 15) is 28.8 Å². The number of nitrogens with zero attached hydrogens (tertiary/aromatic N) is 2. The fourth-order valence-corrected chi connectivity index (χ4v) is 5.42. The quantitative estimate of drug-likeness (QED) is 0.188. The molecule has 1 fully saturated rings. The van der Waals surface area contributed by atoms with Crippen LogP contribution in [0.1, 0.15) is 64.9 Å². The van der Waals surface area contributed by atoms with Crippen molar-refractivity contribution in [3.8, 4) is 0 Å². The van der Waals surface area contributed by atoms with Gasteiger partial charge in [0, 0.05) is 19.5 Å². The highest BCUT2D eigenvalue weighted by molar-refractivity contribution is 7.90. The summed E-state index contributed by atoms with van der Waals surface area (Å²) in [5.41, 5.74) is 0.940. The molecule has 1 aromatic carbocycles. The van der Waals surface area contributed by atoms with E-state index >= 15 is 0 Å². The van der Waals surface area contributed by atoms with Crippen molar-refractivity contribution in [2.45, 2.75) is 102 Å². The van der Waals surface area contributed by atoms with Gasteiger partial charge < -0.3 is 34.8 Å². The molecular formula is C27H46N2O8S. The van der Waals surface area contributed by atoms with Crippen LogP contribution >= 0.6 is 0 Å². The van der Waals surface area contributed by atoms with Crippen LogP contribution in [0.3, 0.4) is 0 Å². The topological polar surface area (TPSA) is 149 Å². The summed E-state index contributed by atoms with van der Waals surface area (Å²) in [5, 5.41) is 39.7. The van der Waals surface area contributed by atoms with Gasteiger partial charge in [0.2, 0.25) is 0 Å². The molecule has 1 aliphatic rings. The van der Waals surface area contributed by atoms with E-state index < -0.39 is 47.3 Å². The van der Waals surface area contributed by atoms with Gasteiger partial charge in [-0.2, -0.15) is 8.42 Å². The predicted octanol–water partition coefficient (Wildman–Crippen LogP) is 2.22. The van der Waals surface area contributed by atoms with Gasteiger partial charge >= 0.3 is 0 Å². The van der Waals surface area contributed by atoms with Gasteiger partial charge in [0.05, 0.1) is 18.1 Å². The Morgan fingerprint density at radius 1 is 1.05 bits per heavy atom. The Labute approximate surface area is 227 Å². The number of amidine groups is 1. The molecule has 218 valence electrons. The summed E-state index contributed by atoms with van der Waals surface area (Å²) < 4.78 is 41.7. The fraction of sp³-hybridized carbons (Fsp3) is 0.741. The SMILES string of the molecule is CCCCC(C)CCN(CCC)/C(CCO[C@@H]1O[C@H](CO)[C@@H](O)[C@H](O)[C@H]1O)=N/S(=O)(=O)c1ccc(C)cc1. The van der Waals surface area contributed by atoms with E-state index in [2.05, 4.69) is 18.2 Å². The molecule has 1 aromatic rings. The van der Waals surface area contributed by atoms with Gasteiger partial charge in [0.1, 0.15) is 30.3 Å². The van der Waals surface area contributed by atoms with E-state index in [1.165, 1.54) is 12.1 Å². The molecule has 0 amide bonds. The summed E-state index contributed by atoms with van der Waals surface area (Å²) >= 11 is 0. The summed E-state index contributed by atoms with van der Waals surface area (Å²) in [7, 11) is -3.98. The van der Waals surface area contributed by atoms with Crippen LogP contribution in [0.5, 0.6) is 0 Å². The van der Waals surface area contributed by atoms with Crippen molar-refractivity contribution in [2.75, 3.05) is 26.3 Å². The van der Waals surface area contributed by atoms with E-state index in [1.807, 2.05) is 18.7 Å². The number of benzene rings is 1. The molecule has 1 aliphatic heterocycles. The number of aryl methyl sites for hydroxylation is 1. The van der Waals surface area contributed by atoms with Gasteiger partial charge in [-0.25, -0.2) is 0 Å². The van der Waals surface area contributed by atoms with Crippen molar-refractivity contribution in [3.63, 3.8) is 0 Å². The minimum Gasteiger partial charge on any atom is -0.394 e. The number of unbranched alkanes of at least 4 members (excludes halogenated alkanes) is 1. The zero-order valence-electron chi connectivity index (χ0n) is 23.1. The maximum absolute atomic E-state index is 13.2. The van der Waals surface area contributed by atoms with Crippen LogP contribution in [-0.2, 0) is 19.5 Å². The Bertz CT molecular complexity index is 954. The minimum absolute atomic E-state index is 0.0590. The Morgan fingerprint density at radius 3 is 2.34 bits per heavy atom. The second kappa shape index (κ2) is 15.9. The number of aliphatic hydroxyl groups is 4. The van der Waals surface area contributed by atoms with Crippen molar-refractivity contribution in [3.05, 3.63) is 29.8 Å². The number of rotatable bonds is 15. The second-order valence-electron chi connectivity index (χ2n) is 10.1. The molecule has 1 saturated heterocycles. The monoisotopic (exact) mass is 558 g/mol. The number of sulfonamides is 1. The molecule has 0 bridgehead atoms. The van der Waals surface area contributed by atoms with Crippen LogP contribution in [0.25, 0.3) is 0 Å². The van der Waals surface area contributed by atoms with E-state index in [-0.39, 0.29) is 17.9 Å². The average molecular weight is 559 g/mol. The first-order valence-electron chi connectivity index (χ1n) is 13.6. The maximum atomic E-state index is 13.2. The summed E-state index contributed by atoms with van der Waals surface area (Å²) in [6.07, 6.45) is -1.79. The number of hydrogen-bond donors (Lipinski definition) is 4. The summed E-state index contributed by atoms with van der Waals surface area (Å²) in [4.78, 5) is 2.08. The average Bonchev–Trinajstić information content (AvgIpc) is 2.89. The molecule has 10 nitrogen and oxygen atoms in total. The van der Waals surface area contributed by atoms with E-state index in [0.717, 1.165) is 37.7 Å². The zero-order chi connectivity index (χ0) is 28.3. The Kier molecular flexibility index (Phi) is 13.6. The Hall–Kier alpha value is -1.60. The smallest absolute Gasteiger partial charge is 0.283 e. The lowest BCUT2D eigenvalue weighted by Gasteiger charge is -2.39. The molecule has 1 unspecified atom stereocenters. The first-order chi connectivity index (χ1) is 18.0. The van der Waals surface area contributed by atoms with Gasteiger partial charge in [-0.15, -0.1) is 4.40 Å². The number of hydrogen-bond acceptors (Lipinski definition) is 8. The number of aliphatic hydroxyl groups excluding tert-OH is 4. The van der Waals surface area contributed by atoms with Gasteiger partial charge in [-0.1, -0.05) is 57.7 Å². The lowest BCUT2D eigenvalue weighted by atomic mass is 9.99. The summed E-state index contributed by atoms with van der Waals surface area (Å²) in [6.45, 7) is 8.88. The lowest BCUT2D eigenvalue weighted by Crippen LogP contribution is -2.59.